The molecule has 3 rings (SSSR count). The van der Waals surface area contributed by atoms with Crippen molar-refractivity contribution in [1.82, 2.24) is 4.90 Å². The monoisotopic (exact) mass is 417 g/mol. The number of unbranched alkanes of at least 4 members (excludes halogenated alkanes) is 2. The van der Waals surface area contributed by atoms with Gasteiger partial charge in [-0.1, -0.05) is 77.7 Å². The molecule has 3 fully saturated rings. The highest BCUT2D eigenvalue weighted by atomic mass is 16.5. The van der Waals surface area contributed by atoms with Crippen LogP contribution in [0.3, 0.4) is 0 Å². The molecule has 0 aromatic heterocycles. The Morgan fingerprint density at radius 2 is 1.37 bits per heavy atom. The number of hydrogen-bond donors (Lipinski definition) is 0. The summed E-state index contributed by atoms with van der Waals surface area (Å²) in [6.45, 7) is 9.18. The van der Waals surface area contributed by atoms with Crippen molar-refractivity contribution in [2.75, 3.05) is 19.6 Å². The van der Waals surface area contributed by atoms with E-state index in [1.807, 2.05) is 0 Å². The molecule has 30 heavy (non-hydrogen) atoms. The van der Waals surface area contributed by atoms with Crippen molar-refractivity contribution in [3.8, 4) is 0 Å². The van der Waals surface area contributed by atoms with E-state index in [0.717, 1.165) is 43.7 Å². The minimum Gasteiger partial charge on any atom is -0.459 e. The standard InChI is InChI=1S/C27H47NO2/c1-3-4-5-8-23-9-11-24(12-10-23)13-14-25-15-17-26(18-16-25)30-27(29)22(2)21-28-19-6-7-20-28/h23-26H,2-21H2,1H3. The predicted molar refractivity (Wildman–Crippen MR) is 125 cm³/mol. The van der Waals surface area contributed by atoms with Gasteiger partial charge in [0.15, 0.2) is 0 Å². The van der Waals surface area contributed by atoms with Gasteiger partial charge in [0.1, 0.15) is 6.10 Å². The van der Waals surface area contributed by atoms with Crippen LogP contribution in [0.25, 0.3) is 0 Å². The Hall–Kier alpha value is -0.830. The van der Waals surface area contributed by atoms with Gasteiger partial charge in [0.25, 0.3) is 0 Å². The molecule has 0 N–H and O–H groups in total. The number of hydrogen-bond acceptors (Lipinski definition) is 3. The van der Waals surface area contributed by atoms with Gasteiger partial charge in [-0.15, -0.1) is 0 Å². The Bertz CT molecular complexity index is 509. The molecule has 1 aliphatic heterocycles. The summed E-state index contributed by atoms with van der Waals surface area (Å²) >= 11 is 0. The minimum atomic E-state index is -0.152. The van der Waals surface area contributed by atoms with Gasteiger partial charge in [-0.2, -0.15) is 0 Å². The van der Waals surface area contributed by atoms with E-state index in [-0.39, 0.29) is 12.1 Å². The molecule has 0 atom stereocenters. The van der Waals surface area contributed by atoms with Crippen LogP contribution in [0.4, 0.5) is 0 Å². The van der Waals surface area contributed by atoms with Gasteiger partial charge in [-0.05, 0) is 69.4 Å². The van der Waals surface area contributed by atoms with Crippen molar-refractivity contribution in [2.24, 2.45) is 17.8 Å². The van der Waals surface area contributed by atoms with E-state index in [1.165, 1.54) is 89.9 Å². The maximum Gasteiger partial charge on any atom is 0.334 e. The fraction of sp³-hybridized carbons (Fsp3) is 0.889. The van der Waals surface area contributed by atoms with E-state index in [0.29, 0.717) is 12.1 Å². The van der Waals surface area contributed by atoms with Crippen molar-refractivity contribution in [2.45, 2.75) is 116 Å². The average Bonchev–Trinajstić information content (AvgIpc) is 3.27. The van der Waals surface area contributed by atoms with Crippen molar-refractivity contribution in [3.05, 3.63) is 12.2 Å². The van der Waals surface area contributed by atoms with Crippen LogP contribution in [-0.2, 0) is 9.53 Å². The summed E-state index contributed by atoms with van der Waals surface area (Å²) in [5.74, 6) is 2.71. The van der Waals surface area contributed by atoms with E-state index < -0.39 is 0 Å². The molecule has 3 aliphatic rings. The summed E-state index contributed by atoms with van der Waals surface area (Å²) in [6, 6.07) is 0. The molecular weight excluding hydrogens is 370 g/mol. The molecule has 0 spiro atoms. The summed E-state index contributed by atoms with van der Waals surface area (Å²) in [5, 5.41) is 0. The van der Waals surface area contributed by atoms with E-state index in [1.54, 1.807) is 0 Å². The topological polar surface area (TPSA) is 29.5 Å². The highest BCUT2D eigenvalue weighted by molar-refractivity contribution is 5.88. The maximum absolute atomic E-state index is 12.4. The lowest BCUT2D eigenvalue weighted by atomic mass is 9.76. The molecule has 2 aliphatic carbocycles. The van der Waals surface area contributed by atoms with E-state index in [9.17, 15) is 4.79 Å². The van der Waals surface area contributed by atoms with Gasteiger partial charge in [-0.3, -0.25) is 4.90 Å². The van der Waals surface area contributed by atoms with E-state index in [4.69, 9.17) is 4.74 Å². The van der Waals surface area contributed by atoms with Crippen LogP contribution in [0.5, 0.6) is 0 Å². The molecule has 1 saturated heterocycles. The maximum atomic E-state index is 12.4. The zero-order chi connectivity index (χ0) is 21.2. The van der Waals surface area contributed by atoms with E-state index >= 15 is 0 Å². The third-order valence-electron chi connectivity index (χ3n) is 8.13. The Balaban J connectivity index is 1.24. The summed E-state index contributed by atoms with van der Waals surface area (Å²) in [7, 11) is 0. The molecule has 3 heteroatoms. The van der Waals surface area contributed by atoms with Crippen LogP contribution in [0, 0.1) is 17.8 Å². The number of nitrogens with zero attached hydrogens (tertiary/aromatic N) is 1. The summed E-state index contributed by atoms with van der Waals surface area (Å²) in [6.07, 6.45) is 21.6. The molecule has 2 saturated carbocycles. The van der Waals surface area contributed by atoms with Crippen LogP contribution >= 0.6 is 0 Å². The fourth-order valence-corrected chi connectivity index (χ4v) is 6.01. The first-order chi connectivity index (χ1) is 14.6. The molecule has 0 unspecified atom stereocenters. The van der Waals surface area contributed by atoms with Gasteiger partial charge in [-0.25, -0.2) is 4.79 Å². The lowest BCUT2D eigenvalue weighted by Crippen LogP contribution is -2.29. The number of esters is 1. The molecule has 0 radical (unpaired) electrons. The summed E-state index contributed by atoms with van der Waals surface area (Å²) < 4.78 is 5.79. The van der Waals surface area contributed by atoms with Crippen LogP contribution in [-0.4, -0.2) is 36.6 Å². The summed E-state index contributed by atoms with van der Waals surface area (Å²) in [4.78, 5) is 14.7. The fourth-order valence-electron chi connectivity index (χ4n) is 6.01. The smallest absolute Gasteiger partial charge is 0.334 e. The normalized spacial score (nSPS) is 30.3. The van der Waals surface area contributed by atoms with Gasteiger partial charge >= 0.3 is 5.97 Å². The number of ether oxygens (including phenoxy) is 1. The molecule has 0 bridgehead atoms. The first kappa shape index (κ1) is 23.8. The Kier molecular flexibility index (Phi) is 10.2. The Morgan fingerprint density at radius 3 is 1.93 bits per heavy atom. The van der Waals surface area contributed by atoms with Gasteiger partial charge < -0.3 is 4.74 Å². The number of rotatable bonds is 11. The molecule has 3 nitrogen and oxygen atoms in total. The first-order valence-corrected chi connectivity index (χ1v) is 13.2. The second-order valence-electron chi connectivity index (χ2n) is 10.6. The van der Waals surface area contributed by atoms with Crippen molar-refractivity contribution in [3.63, 3.8) is 0 Å². The highest BCUT2D eigenvalue weighted by Crippen LogP contribution is 2.37. The minimum absolute atomic E-state index is 0.127. The number of carbonyl (C=O) groups is 1. The molecular formula is C27H47NO2. The van der Waals surface area contributed by atoms with Crippen LogP contribution in [0.1, 0.15) is 110 Å². The van der Waals surface area contributed by atoms with Crippen molar-refractivity contribution >= 4 is 5.97 Å². The largest absolute Gasteiger partial charge is 0.459 e. The van der Waals surface area contributed by atoms with Crippen molar-refractivity contribution in [1.29, 1.82) is 0 Å². The second kappa shape index (κ2) is 12.9. The first-order valence-electron chi connectivity index (χ1n) is 13.2. The molecule has 1 heterocycles. The summed E-state index contributed by atoms with van der Waals surface area (Å²) in [5.41, 5.74) is 0.643. The van der Waals surface area contributed by atoms with Crippen molar-refractivity contribution < 1.29 is 9.53 Å². The van der Waals surface area contributed by atoms with Crippen LogP contribution < -0.4 is 0 Å². The molecule has 0 aromatic rings. The molecule has 0 amide bonds. The van der Waals surface area contributed by atoms with Crippen LogP contribution in [0.15, 0.2) is 12.2 Å². The quantitative estimate of drug-likeness (QED) is 0.208. The van der Waals surface area contributed by atoms with Crippen LogP contribution in [0.2, 0.25) is 0 Å². The second-order valence-corrected chi connectivity index (χ2v) is 10.6. The lowest BCUT2D eigenvalue weighted by molar-refractivity contribution is -0.146. The number of likely N-dealkylation sites (tertiary alicyclic amines) is 1. The third-order valence-corrected chi connectivity index (χ3v) is 8.13. The van der Waals surface area contributed by atoms with E-state index in [2.05, 4.69) is 18.4 Å². The lowest BCUT2D eigenvalue weighted by Gasteiger charge is -2.32. The molecule has 0 aromatic carbocycles. The highest BCUT2D eigenvalue weighted by Gasteiger charge is 2.27. The van der Waals surface area contributed by atoms with Gasteiger partial charge in [0.2, 0.25) is 0 Å². The Morgan fingerprint density at radius 1 is 0.833 bits per heavy atom. The SMILES string of the molecule is C=C(CN1CCCC1)C(=O)OC1CCC(CCC2CCC(CCCCC)CC2)CC1. The number of carbonyl (C=O) groups excluding carboxylic acids is 1. The zero-order valence-corrected chi connectivity index (χ0v) is 19.7. The van der Waals surface area contributed by atoms with Gasteiger partial charge in [0.05, 0.1) is 0 Å². The zero-order valence-electron chi connectivity index (χ0n) is 19.7. The predicted octanol–water partition coefficient (Wildman–Crippen LogP) is 6.91. The average molecular weight is 418 g/mol. The Labute approximate surface area is 186 Å². The third kappa shape index (κ3) is 8.02. The van der Waals surface area contributed by atoms with Gasteiger partial charge in [0, 0.05) is 12.1 Å². The molecule has 172 valence electrons.